The van der Waals surface area contributed by atoms with Crippen LogP contribution in [0.5, 0.6) is 0 Å². The van der Waals surface area contributed by atoms with Crippen molar-refractivity contribution in [3.05, 3.63) is 89.5 Å². The van der Waals surface area contributed by atoms with Crippen molar-refractivity contribution in [3.63, 3.8) is 0 Å². The maximum absolute atomic E-state index is 12.8. The first-order chi connectivity index (χ1) is 18.1. The second-order valence-electron chi connectivity index (χ2n) is 8.38. The molecule has 0 bridgehead atoms. The van der Waals surface area contributed by atoms with Crippen LogP contribution in [0.25, 0.3) is 22.6 Å². The normalized spacial score (nSPS) is 15.9. The molecule has 5 rings (SSSR count). The summed E-state index contributed by atoms with van der Waals surface area (Å²) in [7, 11) is 0. The summed E-state index contributed by atoms with van der Waals surface area (Å²) in [4.78, 5) is 28.2. The predicted molar refractivity (Wildman–Crippen MR) is 144 cm³/mol. The molecule has 1 aliphatic rings. The quantitative estimate of drug-likeness (QED) is 0.284. The van der Waals surface area contributed by atoms with Crippen LogP contribution in [-0.2, 0) is 0 Å². The number of carbonyl (C=O) groups is 1. The average molecular weight is 520 g/mol. The Morgan fingerprint density at radius 2 is 2.14 bits per heavy atom. The van der Waals surface area contributed by atoms with Gasteiger partial charge in [-0.05, 0) is 49.7 Å². The third-order valence-corrected chi connectivity index (χ3v) is 6.05. The lowest BCUT2D eigenvalue weighted by Crippen LogP contribution is -2.36. The molecular weight excluding hydrogens is 493 g/mol. The van der Waals surface area contributed by atoms with Gasteiger partial charge in [0.25, 0.3) is 0 Å². The number of aliphatic imine (C=N–C) groups is 1. The van der Waals surface area contributed by atoms with Gasteiger partial charge in [0.2, 0.25) is 0 Å². The summed E-state index contributed by atoms with van der Waals surface area (Å²) in [5.41, 5.74) is 9.22. The number of hydrogen-bond acceptors (Lipinski definition) is 7. The van der Waals surface area contributed by atoms with E-state index in [0.29, 0.717) is 45.1 Å². The van der Waals surface area contributed by atoms with Crippen LogP contribution in [0.3, 0.4) is 0 Å². The summed E-state index contributed by atoms with van der Waals surface area (Å²) in [6, 6.07) is 12.3. The topological polar surface area (TPSA) is 111 Å². The Labute approximate surface area is 219 Å². The maximum atomic E-state index is 12.8. The van der Waals surface area contributed by atoms with E-state index in [1.807, 2.05) is 18.2 Å². The number of hydrogen-bond donors (Lipinski definition) is 2. The molecule has 1 unspecified atom stereocenters. The standard InChI is InChI=1S/C14H19FN4.C13H8ClN3O/c15-12-4-5-14(19-9-12)11(7-16)8-17-10-13-3-1-2-6-18-13;14-9-4-6-17-11(8-18)13(16-12(17)7-9)10-3-1-2-5-15-10/h4-5,7-9,13,18H,1-3,6,10,16H2;1-8H/b11-7+,17-8?;. The number of allylic oxidation sites excluding steroid dienone is 1. The molecule has 10 heteroatoms. The number of imidazole rings is 1. The highest BCUT2D eigenvalue weighted by Gasteiger charge is 2.14. The molecule has 5 heterocycles. The number of pyridine rings is 3. The molecule has 0 radical (unpaired) electrons. The third kappa shape index (κ3) is 6.84. The Kier molecular flexibility index (Phi) is 9.07. The van der Waals surface area contributed by atoms with Crippen LogP contribution in [0.1, 0.15) is 35.4 Å². The van der Waals surface area contributed by atoms with Gasteiger partial charge in [-0.3, -0.25) is 24.2 Å². The fourth-order valence-electron chi connectivity index (χ4n) is 3.94. The highest BCUT2D eigenvalue weighted by Crippen LogP contribution is 2.23. The number of nitrogens with two attached hydrogens (primary N) is 1. The molecule has 8 nitrogen and oxygen atoms in total. The second-order valence-corrected chi connectivity index (χ2v) is 8.81. The van der Waals surface area contributed by atoms with E-state index in [4.69, 9.17) is 17.3 Å². The van der Waals surface area contributed by atoms with E-state index in [2.05, 4.69) is 25.3 Å². The Morgan fingerprint density at radius 1 is 1.24 bits per heavy atom. The number of aldehydes is 1. The van der Waals surface area contributed by atoms with Crippen molar-refractivity contribution in [1.82, 2.24) is 24.7 Å². The highest BCUT2D eigenvalue weighted by atomic mass is 35.5. The lowest BCUT2D eigenvalue weighted by molar-refractivity contribution is 0.111. The molecule has 1 aliphatic heterocycles. The smallest absolute Gasteiger partial charge is 0.169 e. The van der Waals surface area contributed by atoms with Gasteiger partial charge < -0.3 is 11.1 Å². The van der Waals surface area contributed by atoms with Crippen molar-refractivity contribution in [2.24, 2.45) is 10.7 Å². The van der Waals surface area contributed by atoms with Crippen molar-refractivity contribution in [2.45, 2.75) is 25.3 Å². The van der Waals surface area contributed by atoms with Crippen LogP contribution in [0.2, 0.25) is 5.02 Å². The predicted octanol–water partition coefficient (Wildman–Crippen LogP) is 4.60. The first-order valence-corrected chi connectivity index (χ1v) is 12.3. The summed E-state index contributed by atoms with van der Waals surface area (Å²) in [5, 5.41) is 4.01. The third-order valence-electron chi connectivity index (χ3n) is 5.82. The second kappa shape index (κ2) is 12.8. The summed E-state index contributed by atoms with van der Waals surface area (Å²) in [5.74, 6) is -0.358. The van der Waals surface area contributed by atoms with E-state index in [0.717, 1.165) is 25.8 Å². The first-order valence-electron chi connectivity index (χ1n) is 11.9. The molecule has 1 atom stereocenters. The highest BCUT2D eigenvalue weighted by molar-refractivity contribution is 6.30. The molecule has 1 saturated heterocycles. The molecule has 0 amide bonds. The number of nitrogens with zero attached hydrogens (tertiary/aromatic N) is 5. The molecule has 37 heavy (non-hydrogen) atoms. The molecule has 4 aromatic rings. The number of fused-ring (bicyclic) bond motifs is 1. The fourth-order valence-corrected chi connectivity index (χ4v) is 4.10. The zero-order valence-electron chi connectivity index (χ0n) is 20.1. The van der Waals surface area contributed by atoms with Crippen LogP contribution in [-0.4, -0.2) is 51.0 Å². The van der Waals surface area contributed by atoms with Crippen molar-refractivity contribution < 1.29 is 9.18 Å². The summed E-state index contributed by atoms with van der Waals surface area (Å²) >= 11 is 5.91. The van der Waals surface area contributed by atoms with E-state index in [9.17, 15) is 9.18 Å². The molecule has 1 fully saturated rings. The van der Waals surface area contributed by atoms with E-state index < -0.39 is 0 Å². The van der Waals surface area contributed by atoms with Gasteiger partial charge in [0.15, 0.2) is 6.29 Å². The SMILES string of the molecule is N/C=C(\C=NCC1CCCCN1)c1ccc(F)cn1.O=Cc1c(-c2ccccn2)nc2cc(Cl)ccn12. The van der Waals surface area contributed by atoms with E-state index in [1.54, 1.807) is 41.2 Å². The lowest BCUT2D eigenvalue weighted by Gasteiger charge is -2.21. The Balaban J connectivity index is 0.000000173. The van der Waals surface area contributed by atoms with Gasteiger partial charge in [-0.25, -0.2) is 9.37 Å². The number of nitrogens with one attached hydrogen (secondary N) is 1. The van der Waals surface area contributed by atoms with Crippen molar-refractivity contribution in [1.29, 1.82) is 0 Å². The van der Waals surface area contributed by atoms with E-state index in [1.165, 1.54) is 31.3 Å². The van der Waals surface area contributed by atoms with Gasteiger partial charge in [-0.15, -0.1) is 0 Å². The largest absolute Gasteiger partial charge is 0.404 e. The molecule has 3 N–H and O–H groups in total. The van der Waals surface area contributed by atoms with Crippen molar-refractivity contribution in [3.8, 4) is 11.4 Å². The van der Waals surface area contributed by atoms with Gasteiger partial charge in [0.05, 0.1) is 24.1 Å². The lowest BCUT2D eigenvalue weighted by atomic mass is 10.1. The summed E-state index contributed by atoms with van der Waals surface area (Å²) in [6.07, 6.45) is 12.2. The molecule has 190 valence electrons. The summed E-state index contributed by atoms with van der Waals surface area (Å²) < 4.78 is 14.5. The number of aromatic nitrogens is 4. The molecule has 4 aromatic heterocycles. The van der Waals surface area contributed by atoms with Gasteiger partial charge >= 0.3 is 0 Å². The Bertz CT molecular complexity index is 1380. The molecule has 0 aromatic carbocycles. The zero-order valence-corrected chi connectivity index (χ0v) is 20.9. The molecule has 0 aliphatic carbocycles. The minimum atomic E-state index is -0.358. The summed E-state index contributed by atoms with van der Waals surface area (Å²) in [6.45, 7) is 1.80. The van der Waals surface area contributed by atoms with E-state index in [-0.39, 0.29) is 5.82 Å². The van der Waals surface area contributed by atoms with Crippen LogP contribution >= 0.6 is 11.6 Å². The van der Waals surface area contributed by atoms with Crippen molar-refractivity contribution in [2.75, 3.05) is 13.1 Å². The first kappa shape index (κ1) is 26.1. The maximum Gasteiger partial charge on any atom is 0.169 e. The average Bonchev–Trinajstić information content (AvgIpc) is 3.31. The number of piperidine rings is 1. The number of carbonyl (C=O) groups excluding carboxylic acids is 1. The van der Waals surface area contributed by atoms with Crippen LogP contribution < -0.4 is 11.1 Å². The minimum absolute atomic E-state index is 0.358. The van der Waals surface area contributed by atoms with Crippen LogP contribution in [0.4, 0.5) is 4.39 Å². The molecular formula is C27H27ClFN7O. The Hall–Kier alpha value is -3.95. The van der Waals surface area contributed by atoms with Gasteiger partial charge in [0.1, 0.15) is 22.9 Å². The number of rotatable bonds is 6. The van der Waals surface area contributed by atoms with Crippen molar-refractivity contribution >= 4 is 35.3 Å². The molecule has 0 saturated carbocycles. The zero-order chi connectivity index (χ0) is 26.0. The van der Waals surface area contributed by atoms with E-state index >= 15 is 0 Å². The van der Waals surface area contributed by atoms with Gasteiger partial charge in [-0.2, -0.15) is 0 Å². The van der Waals surface area contributed by atoms with Crippen LogP contribution in [0, 0.1) is 5.82 Å². The Morgan fingerprint density at radius 3 is 2.81 bits per heavy atom. The monoisotopic (exact) mass is 519 g/mol. The number of halogens is 2. The minimum Gasteiger partial charge on any atom is -0.404 e. The van der Waals surface area contributed by atoms with Crippen LogP contribution in [0.15, 0.2) is 72.2 Å². The van der Waals surface area contributed by atoms with Gasteiger partial charge in [-0.1, -0.05) is 24.1 Å². The fraction of sp³-hybridized carbons (Fsp3) is 0.222. The molecule has 0 spiro atoms. The van der Waals surface area contributed by atoms with Gasteiger partial charge in [0, 0.05) is 47.5 Å².